The maximum Gasteiger partial charge on any atom is 0.306 e. The van der Waals surface area contributed by atoms with Crippen LogP contribution in [0.3, 0.4) is 0 Å². The molecule has 0 aliphatic carbocycles. The van der Waals surface area contributed by atoms with Crippen LogP contribution in [0.15, 0.2) is 60.8 Å². The zero-order chi connectivity index (χ0) is 57.1. The largest absolute Gasteiger partial charge is 0.462 e. The average Bonchev–Trinajstić information content (AvgIpc) is 3.45. The van der Waals surface area contributed by atoms with Crippen molar-refractivity contribution in [3.63, 3.8) is 0 Å². The Kier molecular flexibility index (Phi) is 65.1. The Morgan fingerprint density at radius 1 is 0.266 bits per heavy atom. The lowest BCUT2D eigenvalue weighted by molar-refractivity contribution is -0.166. The lowest BCUT2D eigenvalue weighted by Crippen LogP contribution is -2.30. The number of carbonyl (C=O) groups is 3. The summed E-state index contributed by atoms with van der Waals surface area (Å²) < 4.78 is 16.9. The minimum absolute atomic E-state index is 0.0914. The molecule has 0 bridgehead atoms. The van der Waals surface area contributed by atoms with Crippen LogP contribution < -0.4 is 0 Å². The van der Waals surface area contributed by atoms with Gasteiger partial charge in [-0.05, 0) is 70.6 Å². The van der Waals surface area contributed by atoms with E-state index < -0.39 is 6.10 Å². The molecule has 0 aliphatic heterocycles. The smallest absolute Gasteiger partial charge is 0.306 e. The van der Waals surface area contributed by atoms with Gasteiger partial charge >= 0.3 is 17.9 Å². The van der Waals surface area contributed by atoms with E-state index in [0.717, 1.165) is 64.2 Å². The van der Waals surface area contributed by atoms with Crippen LogP contribution in [0.5, 0.6) is 0 Å². The quantitative estimate of drug-likeness (QED) is 0.0261. The van der Waals surface area contributed by atoms with Crippen molar-refractivity contribution in [2.24, 2.45) is 0 Å². The molecule has 0 heterocycles. The zero-order valence-corrected chi connectivity index (χ0v) is 52.9. The van der Waals surface area contributed by atoms with E-state index >= 15 is 0 Å². The van der Waals surface area contributed by atoms with Gasteiger partial charge in [0.25, 0.3) is 0 Å². The Hall–Kier alpha value is -2.89. The van der Waals surface area contributed by atoms with Crippen molar-refractivity contribution in [2.75, 3.05) is 13.2 Å². The molecule has 0 fully saturated rings. The van der Waals surface area contributed by atoms with Crippen molar-refractivity contribution in [3.8, 4) is 0 Å². The van der Waals surface area contributed by atoms with Crippen LogP contribution >= 0.6 is 0 Å². The Morgan fingerprint density at radius 2 is 0.519 bits per heavy atom. The van der Waals surface area contributed by atoms with E-state index in [4.69, 9.17) is 14.2 Å². The molecule has 0 aromatic heterocycles. The van der Waals surface area contributed by atoms with E-state index in [1.165, 1.54) is 257 Å². The van der Waals surface area contributed by atoms with E-state index in [2.05, 4.69) is 75.5 Å². The van der Waals surface area contributed by atoms with E-state index in [-0.39, 0.29) is 37.5 Å². The summed E-state index contributed by atoms with van der Waals surface area (Å²) in [6, 6.07) is 0. The molecule has 0 amide bonds. The summed E-state index contributed by atoms with van der Waals surface area (Å²) in [6.45, 7) is 6.52. The summed E-state index contributed by atoms with van der Waals surface area (Å²) >= 11 is 0. The molecule has 0 saturated carbocycles. The second kappa shape index (κ2) is 67.6. The highest BCUT2D eigenvalue weighted by Crippen LogP contribution is 2.18. The molecule has 79 heavy (non-hydrogen) atoms. The molecule has 0 spiro atoms. The normalized spacial score (nSPS) is 12.4. The first kappa shape index (κ1) is 76.1. The number of hydrogen-bond donors (Lipinski definition) is 0. The van der Waals surface area contributed by atoms with Crippen molar-refractivity contribution in [1.82, 2.24) is 0 Å². The molecular weight excluding hydrogens is 973 g/mol. The molecule has 6 heteroatoms. The first-order valence-corrected chi connectivity index (χ1v) is 34.8. The van der Waals surface area contributed by atoms with Gasteiger partial charge < -0.3 is 14.2 Å². The van der Waals surface area contributed by atoms with Gasteiger partial charge in [0.2, 0.25) is 0 Å². The number of unbranched alkanes of at least 4 members (excludes halogenated alkanes) is 43. The summed E-state index contributed by atoms with van der Waals surface area (Å²) in [5.74, 6) is -0.955. The van der Waals surface area contributed by atoms with Crippen LogP contribution in [0.4, 0.5) is 0 Å². The molecule has 0 saturated heterocycles. The molecule has 0 rings (SSSR count). The monoisotopic (exact) mass is 1110 g/mol. The van der Waals surface area contributed by atoms with E-state index in [1.54, 1.807) is 0 Å². The maximum absolute atomic E-state index is 12.9. The predicted molar refractivity (Wildman–Crippen MR) is 344 cm³/mol. The van der Waals surface area contributed by atoms with Gasteiger partial charge in [-0.1, -0.05) is 338 Å². The third-order valence-corrected chi connectivity index (χ3v) is 15.5. The van der Waals surface area contributed by atoms with Gasteiger partial charge in [0.15, 0.2) is 6.10 Å². The Bertz CT molecular complexity index is 1410. The molecule has 1 unspecified atom stereocenters. The molecule has 0 N–H and O–H groups in total. The highest BCUT2D eigenvalue weighted by atomic mass is 16.6. The van der Waals surface area contributed by atoms with Gasteiger partial charge in [0.05, 0.1) is 0 Å². The molecule has 0 aromatic rings. The molecule has 0 radical (unpaired) electrons. The minimum Gasteiger partial charge on any atom is -0.462 e. The highest BCUT2D eigenvalue weighted by molar-refractivity contribution is 5.71. The summed E-state index contributed by atoms with van der Waals surface area (Å²) in [6.07, 6.45) is 87.1. The van der Waals surface area contributed by atoms with Crippen LogP contribution in [0, 0.1) is 0 Å². The highest BCUT2D eigenvalue weighted by Gasteiger charge is 2.19. The van der Waals surface area contributed by atoms with Crippen molar-refractivity contribution < 1.29 is 28.6 Å². The summed E-state index contributed by atoms with van der Waals surface area (Å²) in [5, 5.41) is 0. The Labute approximate surface area is 491 Å². The van der Waals surface area contributed by atoms with Gasteiger partial charge in [-0.2, -0.15) is 0 Å². The second-order valence-electron chi connectivity index (χ2n) is 23.4. The van der Waals surface area contributed by atoms with Crippen LogP contribution in [-0.4, -0.2) is 37.2 Å². The van der Waals surface area contributed by atoms with Crippen molar-refractivity contribution in [3.05, 3.63) is 60.8 Å². The van der Waals surface area contributed by atoms with Crippen molar-refractivity contribution >= 4 is 17.9 Å². The average molecular weight is 1110 g/mol. The number of ether oxygens (including phenoxy) is 3. The topological polar surface area (TPSA) is 78.9 Å². The summed E-state index contributed by atoms with van der Waals surface area (Å²) in [4.78, 5) is 38.3. The van der Waals surface area contributed by atoms with Gasteiger partial charge in [-0.3, -0.25) is 14.4 Å². The van der Waals surface area contributed by atoms with E-state index in [1.807, 2.05) is 6.08 Å². The van der Waals surface area contributed by atoms with E-state index in [0.29, 0.717) is 19.3 Å². The molecule has 1 atom stereocenters. The third kappa shape index (κ3) is 65.8. The molecule has 6 nitrogen and oxygen atoms in total. The predicted octanol–water partition coefficient (Wildman–Crippen LogP) is 23.9. The fourth-order valence-electron chi connectivity index (χ4n) is 10.3. The fourth-order valence-corrected chi connectivity index (χ4v) is 10.3. The molecule has 0 aromatic carbocycles. The van der Waals surface area contributed by atoms with Crippen LogP contribution in [0.1, 0.15) is 367 Å². The molecular formula is C73H132O6. The lowest BCUT2D eigenvalue weighted by atomic mass is 10.0. The molecule has 460 valence electrons. The fraction of sp³-hybridized carbons (Fsp3) is 0.822. The van der Waals surface area contributed by atoms with Gasteiger partial charge in [0, 0.05) is 19.3 Å². The zero-order valence-electron chi connectivity index (χ0n) is 52.9. The number of carbonyl (C=O) groups excluding carboxylic acids is 3. The standard InChI is InChI=1S/C73H132O6/c1-4-7-10-13-16-19-22-25-27-29-30-31-32-33-34-35-36-37-38-39-40-41-42-44-45-48-51-54-57-60-63-66-72(75)78-69-70(68-77-71(74)65-62-59-56-53-50-47-24-21-18-15-12-9-6-3)79-73(76)67-64-61-58-55-52-49-46-43-28-26-23-20-17-14-11-8-5-2/h9,12,18,21,29-30,47,50,56,59,70H,4-8,10-11,13-17,19-20,22-28,31-46,48-49,51-55,57-58,60-69H2,1-3H3/b12-9-,21-18-,30-29-,50-47-,59-56-. The number of rotatable bonds is 64. The maximum atomic E-state index is 12.9. The van der Waals surface area contributed by atoms with Crippen molar-refractivity contribution in [2.45, 2.75) is 374 Å². The number of esters is 3. The second-order valence-corrected chi connectivity index (χ2v) is 23.4. The van der Waals surface area contributed by atoms with Crippen molar-refractivity contribution in [1.29, 1.82) is 0 Å². The van der Waals surface area contributed by atoms with Crippen LogP contribution in [0.2, 0.25) is 0 Å². The lowest BCUT2D eigenvalue weighted by Gasteiger charge is -2.18. The summed E-state index contributed by atoms with van der Waals surface area (Å²) in [7, 11) is 0. The minimum atomic E-state index is -0.801. The van der Waals surface area contributed by atoms with E-state index in [9.17, 15) is 14.4 Å². The summed E-state index contributed by atoms with van der Waals surface area (Å²) in [5.41, 5.74) is 0. The molecule has 0 aliphatic rings. The van der Waals surface area contributed by atoms with Gasteiger partial charge in [-0.15, -0.1) is 0 Å². The van der Waals surface area contributed by atoms with Crippen LogP contribution in [0.25, 0.3) is 0 Å². The number of allylic oxidation sites excluding steroid dienone is 10. The van der Waals surface area contributed by atoms with Gasteiger partial charge in [0.1, 0.15) is 13.2 Å². The van der Waals surface area contributed by atoms with Crippen LogP contribution in [-0.2, 0) is 28.6 Å². The Balaban J connectivity index is 4.17. The SMILES string of the molecule is CC/C=C\C/C=C\C/C=C\C/C=C\CCC(=O)OCC(COC(=O)CCCCCCCCCCCCCCCCCCCCC/C=C\CCCCCCCCCC)OC(=O)CCCCCCCCCCCCCCCCCCC. The number of hydrogen-bond acceptors (Lipinski definition) is 6. The Morgan fingerprint density at radius 3 is 0.848 bits per heavy atom. The third-order valence-electron chi connectivity index (χ3n) is 15.5. The van der Waals surface area contributed by atoms with Gasteiger partial charge in [-0.25, -0.2) is 0 Å². The first-order chi connectivity index (χ1) is 39.0. The first-order valence-electron chi connectivity index (χ1n) is 34.8.